The summed E-state index contributed by atoms with van der Waals surface area (Å²) in [5.41, 5.74) is 0.913. The van der Waals surface area contributed by atoms with Crippen LogP contribution in [0.3, 0.4) is 0 Å². The Hall–Kier alpha value is -1.43. The zero-order chi connectivity index (χ0) is 10.9. The lowest BCUT2D eigenvalue weighted by atomic mass is 10.1. The third-order valence-electron chi connectivity index (χ3n) is 2.46. The van der Waals surface area contributed by atoms with Crippen molar-refractivity contribution in [1.82, 2.24) is 9.80 Å². The summed E-state index contributed by atoms with van der Waals surface area (Å²) in [6, 6.07) is 0. The van der Waals surface area contributed by atoms with Crippen LogP contribution >= 0.6 is 0 Å². The Labute approximate surface area is 81.8 Å². The van der Waals surface area contributed by atoms with Gasteiger partial charge in [-0.3, -0.25) is 9.69 Å². The molecule has 78 valence electrons. The van der Waals surface area contributed by atoms with Crippen LogP contribution in [-0.2, 0) is 4.79 Å². The SMILES string of the molecule is CC1=C(CN=O)C(=O)N(C)C(O)N1C. The number of carbonyl (C=O) groups is 1. The summed E-state index contributed by atoms with van der Waals surface area (Å²) in [5, 5.41) is 12.3. The minimum Gasteiger partial charge on any atom is -0.356 e. The number of hydrogen-bond donors (Lipinski definition) is 1. The summed E-state index contributed by atoms with van der Waals surface area (Å²) in [7, 11) is 3.12. The molecule has 1 N–H and O–H groups in total. The van der Waals surface area contributed by atoms with Gasteiger partial charge >= 0.3 is 0 Å². The first-order valence-corrected chi connectivity index (χ1v) is 4.17. The van der Waals surface area contributed by atoms with Crippen LogP contribution in [-0.4, -0.2) is 47.8 Å². The van der Waals surface area contributed by atoms with Gasteiger partial charge in [-0.15, -0.1) is 0 Å². The molecule has 6 nitrogen and oxygen atoms in total. The number of carbonyl (C=O) groups excluding carboxylic acids is 1. The lowest BCUT2D eigenvalue weighted by molar-refractivity contribution is -0.149. The fourth-order valence-corrected chi connectivity index (χ4v) is 1.36. The number of likely N-dealkylation sites (N-methyl/N-ethyl adjacent to an activating group) is 1. The first-order valence-electron chi connectivity index (χ1n) is 4.17. The number of aliphatic hydroxyl groups is 1. The fraction of sp³-hybridized carbons (Fsp3) is 0.625. The first kappa shape index (κ1) is 10.6. The van der Waals surface area contributed by atoms with E-state index in [0.29, 0.717) is 11.3 Å². The van der Waals surface area contributed by atoms with Crippen LogP contribution in [0.15, 0.2) is 16.4 Å². The molecule has 14 heavy (non-hydrogen) atoms. The van der Waals surface area contributed by atoms with Crippen molar-refractivity contribution in [3.8, 4) is 0 Å². The van der Waals surface area contributed by atoms with Crippen molar-refractivity contribution < 1.29 is 9.90 Å². The molecule has 1 unspecified atom stereocenters. The zero-order valence-electron chi connectivity index (χ0n) is 8.39. The standard InChI is InChI=1S/C8H13N3O3/c1-5-6(4-9-14)7(12)11(3)8(13)10(5)2/h8,13H,4H2,1-3H3. The number of allylic oxidation sites excluding steroid dienone is 1. The van der Waals surface area contributed by atoms with Crippen LogP contribution in [0.4, 0.5) is 0 Å². The molecule has 1 rings (SSSR count). The predicted molar refractivity (Wildman–Crippen MR) is 49.9 cm³/mol. The molecule has 0 spiro atoms. The van der Waals surface area contributed by atoms with Crippen molar-refractivity contribution in [2.24, 2.45) is 5.18 Å². The summed E-state index contributed by atoms with van der Waals surface area (Å²) in [6.07, 6.45) is -0.974. The number of hydrogen-bond acceptors (Lipinski definition) is 5. The van der Waals surface area contributed by atoms with E-state index < -0.39 is 6.35 Å². The van der Waals surface area contributed by atoms with Crippen molar-refractivity contribution in [2.45, 2.75) is 13.3 Å². The van der Waals surface area contributed by atoms with Crippen LogP contribution in [0.25, 0.3) is 0 Å². The monoisotopic (exact) mass is 199 g/mol. The fourth-order valence-electron chi connectivity index (χ4n) is 1.36. The van der Waals surface area contributed by atoms with E-state index in [0.717, 1.165) is 4.90 Å². The van der Waals surface area contributed by atoms with E-state index >= 15 is 0 Å². The number of nitroso groups, excluding NO2 is 1. The van der Waals surface area contributed by atoms with Gasteiger partial charge in [-0.25, -0.2) is 0 Å². The van der Waals surface area contributed by atoms with Crippen LogP contribution in [0, 0.1) is 4.91 Å². The molecular formula is C8H13N3O3. The van der Waals surface area contributed by atoms with Gasteiger partial charge in [0.1, 0.15) is 6.54 Å². The summed E-state index contributed by atoms with van der Waals surface area (Å²) in [4.78, 5) is 24.4. The van der Waals surface area contributed by atoms with Crippen LogP contribution in [0.5, 0.6) is 0 Å². The third-order valence-corrected chi connectivity index (χ3v) is 2.46. The quantitative estimate of drug-likeness (QED) is 0.620. The molecule has 1 amide bonds. The van der Waals surface area contributed by atoms with Gasteiger partial charge in [0, 0.05) is 19.8 Å². The smallest absolute Gasteiger partial charge is 0.256 e. The first-order chi connectivity index (χ1) is 6.50. The molecule has 0 aromatic rings. The lowest BCUT2D eigenvalue weighted by Gasteiger charge is -2.38. The van der Waals surface area contributed by atoms with E-state index in [2.05, 4.69) is 5.18 Å². The van der Waals surface area contributed by atoms with Gasteiger partial charge in [0.15, 0.2) is 0 Å². The van der Waals surface area contributed by atoms with Gasteiger partial charge in [-0.2, -0.15) is 4.91 Å². The zero-order valence-corrected chi connectivity index (χ0v) is 8.39. The molecule has 0 aromatic heterocycles. The highest BCUT2D eigenvalue weighted by molar-refractivity contribution is 5.95. The second kappa shape index (κ2) is 3.75. The summed E-state index contributed by atoms with van der Waals surface area (Å²) >= 11 is 0. The van der Waals surface area contributed by atoms with Crippen molar-refractivity contribution >= 4 is 5.91 Å². The number of aliphatic hydroxyl groups excluding tert-OH is 1. The highest BCUT2D eigenvalue weighted by Gasteiger charge is 2.32. The summed E-state index contributed by atoms with van der Waals surface area (Å²) in [6.45, 7) is 1.51. The normalized spacial score (nSPS) is 23.1. The largest absolute Gasteiger partial charge is 0.356 e. The summed E-state index contributed by atoms with van der Waals surface area (Å²) in [5.74, 6) is -0.354. The van der Waals surface area contributed by atoms with Crippen molar-refractivity contribution in [2.75, 3.05) is 20.6 Å². The molecule has 0 saturated carbocycles. The second-order valence-electron chi connectivity index (χ2n) is 3.22. The molecule has 6 heteroatoms. The maximum absolute atomic E-state index is 11.6. The molecule has 0 saturated heterocycles. The van der Waals surface area contributed by atoms with E-state index in [1.807, 2.05) is 0 Å². The van der Waals surface area contributed by atoms with Gasteiger partial charge < -0.3 is 10.0 Å². The number of rotatable bonds is 2. The maximum Gasteiger partial charge on any atom is 0.256 e. The van der Waals surface area contributed by atoms with Crippen LogP contribution in [0.2, 0.25) is 0 Å². The van der Waals surface area contributed by atoms with Crippen molar-refractivity contribution in [1.29, 1.82) is 0 Å². The summed E-state index contributed by atoms with van der Waals surface area (Å²) < 4.78 is 0. The minimum absolute atomic E-state index is 0.161. The average molecular weight is 199 g/mol. The Morgan fingerprint density at radius 3 is 2.50 bits per heavy atom. The minimum atomic E-state index is -0.974. The van der Waals surface area contributed by atoms with E-state index in [-0.39, 0.29) is 12.5 Å². The molecule has 0 fully saturated rings. The Balaban J connectivity index is 3.10. The van der Waals surface area contributed by atoms with Crippen molar-refractivity contribution in [3.05, 3.63) is 16.2 Å². The van der Waals surface area contributed by atoms with E-state index in [1.54, 1.807) is 14.0 Å². The van der Waals surface area contributed by atoms with Gasteiger partial charge in [-0.1, -0.05) is 5.18 Å². The van der Waals surface area contributed by atoms with Gasteiger partial charge in [0.05, 0.1) is 5.57 Å². The lowest BCUT2D eigenvalue weighted by Crippen LogP contribution is -2.52. The van der Waals surface area contributed by atoms with Gasteiger partial charge in [0.25, 0.3) is 5.91 Å². The third kappa shape index (κ3) is 1.48. The Bertz CT molecular complexity index is 300. The predicted octanol–water partition coefficient (Wildman–Crippen LogP) is -0.293. The molecule has 1 heterocycles. The van der Waals surface area contributed by atoms with Gasteiger partial charge in [-0.05, 0) is 6.92 Å². The Morgan fingerprint density at radius 1 is 1.43 bits per heavy atom. The molecule has 0 radical (unpaired) electrons. The molecule has 0 aliphatic carbocycles. The number of amides is 1. The van der Waals surface area contributed by atoms with Crippen LogP contribution < -0.4 is 0 Å². The Kier molecular flexibility index (Phi) is 2.85. The van der Waals surface area contributed by atoms with E-state index in [9.17, 15) is 14.8 Å². The highest BCUT2D eigenvalue weighted by atomic mass is 16.3. The van der Waals surface area contributed by atoms with E-state index in [4.69, 9.17) is 0 Å². The molecule has 1 aliphatic rings. The molecule has 1 atom stereocenters. The van der Waals surface area contributed by atoms with Gasteiger partial charge in [0.2, 0.25) is 6.35 Å². The van der Waals surface area contributed by atoms with Crippen molar-refractivity contribution in [3.63, 3.8) is 0 Å². The maximum atomic E-state index is 11.6. The number of nitrogens with zero attached hydrogens (tertiary/aromatic N) is 3. The molecular weight excluding hydrogens is 186 g/mol. The second-order valence-corrected chi connectivity index (χ2v) is 3.22. The average Bonchev–Trinajstić information content (AvgIpc) is 2.19. The molecule has 0 bridgehead atoms. The molecule has 0 aromatic carbocycles. The Morgan fingerprint density at radius 2 is 2.00 bits per heavy atom. The highest BCUT2D eigenvalue weighted by Crippen LogP contribution is 2.20. The topological polar surface area (TPSA) is 73.2 Å². The van der Waals surface area contributed by atoms with E-state index in [1.165, 1.54) is 11.9 Å². The van der Waals surface area contributed by atoms with Crippen LogP contribution in [0.1, 0.15) is 6.92 Å². The molecule has 1 aliphatic heterocycles.